The van der Waals surface area contributed by atoms with Crippen LogP contribution in [0, 0.1) is 0 Å². The van der Waals surface area contributed by atoms with Crippen molar-refractivity contribution in [3.63, 3.8) is 0 Å². The zero-order chi connectivity index (χ0) is 49.8. The van der Waals surface area contributed by atoms with Crippen molar-refractivity contribution in [2.75, 3.05) is 54.1 Å². The highest BCUT2D eigenvalue weighted by Crippen LogP contribution is 2.43. The second-order valence-corrected chi connectivity index (χ2v) is 23.2. The van der Waals surface area contributed by atoms with Crippen LogP contribution >= 0.6 is 7.82 Å². The van der Waals surface area contributed by atoms with E-state index < -0.39 is 13.9 Å². The van der Waals surface area contributed by atoms with Gasteiger partial charge in [-0.15, -0.1) is 0 Å². The second kappa shape index (κ2) is 52.6. The molecular weight excluding hydrogens is 866 g/mol. The molecule has 0 aromatic heterocycles. The highest BCUT2D eigenvalue weighted by Gasteiger charge is 2.26. The summed E-state index contributed by atoms with van der Waals surface area (Å²) >= 11 is 0. The van der Waals surface area contributed by atoms with Crippen molar-refractivity contribution >= 4 is 13.8 Å². The molecule has 0 spiro atoms. The van der Waals surface area contributed by atoms with E-state index in [1.165, 1.54) is 250 Å². The number of phosphoric ester groups is 1. The molecule has 0 bridgehead atoms. The summed E-state index contributed by atoms with van der Waals surface area (Å²) in [7, 11) is 1.69. The number of phosphoric acid groups is 1. The third-order valence-corrected chi connectivity index (χ3v) is 14.6. The predicted molar refractivity (Wildman–Crippen MR) is 294 cm³/mol. The molecule has 0 rings (SSSR count). The summed E-state index contributed by atoms with van der Waals surface area (Å²) in [4.78, 5) is 23.1. The van der Waals surface area contributed by atoms with Crippen molar-refractivity contribution in [2.24, 2.45) is 0 Å². The number of hydrogen-bond donors (Lipinski definition) is 1. The summed E-state index contributed by atoms with van der Waals surface area (Å²) < 4.78 is 35.3. The Morgan fingerprint density at radius 2 is 0.765 bits per heavy atom. The number of unbranched alkanes of at least 4 members (excludes halogenated alkanes) is 41. The lowest BCUT2D eigenvalue weighted by Gasteiger charge is -2.24. The Hall–Kier alpha value is -0.760. The van der Waals surface area contributed by atoms with E-state index in [4.69, 9.17) is 18.5 Å². The fourth-order valence-electron chi connectivity index (χ4n) is 8.96. The molecule has 0 saturated carbocycles. The van der Waals surface area contributed by atoms with E-state index in [1.807, 2.05) is 21.1 Å². The maximum absolute atomic E-state index is 12.8. The molecule has 0 aromatic carbocycles. The molecule has 0 aromatic rings. The molecule has 0 radical (unpaired) electrons. The topological polar surface area (TPSA) is 91.3 Å². The van der Waals surface area contributed by atoms with Gasteiger partial charge in [-0.05, 0) is 38.5 Å². The predicted octanol–water partition coefficient (Wildman–Crippen LogP) is 18.9. The lowest BCUT2D eigenvalue weighted by atomic mass is 10.0. The maximum Gasteiger partial charge on any atom is 0.472 e. The quantitative estimate of drug-likeness (QED) is 0.0213. The number of ether oxygens (including phenoxy) is 2. The number of esters is 1. The Balaban J connectivity index is 4.01. The van der Waals surface area contributed by atoms with Crippen molar-refractivity contribution in [1.29, 1.82) is 0 Å². The van der Waals surface area contributed by atoms with Crippen LogP contribution in [0.1, 0.15) is 303 Å². The van der Waals surface area contributed by atoms with Gasteiger partial charge < -0.3 is 18.9 Å². The molecule has 68 heavy (non-hydrogen) atoms. The number of carbonyl (C=O) groups is 1. The molecule has 2 unspecified atom stereocenters. The van der Waals surface area contributed by atoms with E-state index in [0.29, 0.717) is 24.1 Å². The van der Waals surface area contributed by atoms with Gasteiger partial charge >= 0.3 is 13.8 Å². The average Bonchev–Trinajstić information content (AvgIpc) is 3.30. The van der Waals surface area contributed by atoms with Gasteiger partial charge in [-0.25, -0.2) is 4.57 Å². The number of rotatable bonds is 57. The molecule has 2 atom stereocenters. The lowest BCUT2D eigenvalue weighted by molar-refractivity contribution is -0.870. The van der Waals surface area contributed by atoms with Crippen LogP contribution in [0.3, 0.4) is 0 Å². The number of carbonyl (C=O) groups excluding carboxylic acids is 1. The number of nitrogens with zero attached hydrogens (tertiary/aromatic N) is 1. The van der Waals surface area contributed by atoms with E-state index in [1.54, 1.807) is 0 Å². The molecule has 9 heteroatoms. The third kappa shape index (κ3) is 56.2. The minimum atomic E-state index is -4.28. The van der Waals surface area contributed by atoms with Crippen LogP contribution in [0.25, 0.3) is 0 Å². The molecule has 0 fully saturated rings. The van der Waals surface area contributed by atoms with Gasteiger partial charge in [0.2, 0.25) is 0 Å². The lowest BCUT2D eigenvalue weighted by Crippen LogP contribution is -2.37. The first-order chi connectivity index (χ1) is 33.1. The van der Waals surface area contributed by atoms with Crippen molar-refractivity contribution in [3.8, 4) is 0 Å². The maximum atomic E-state index is 12.8. The minimum absolute atomic E-state index is 0.0926. The van der Waals surface area contributed by atoms with Gasteiger partial charge in [0.1, 0.15) is 19.3 Å². The van der Waals surface area contributed by atoms with Crippen LogP contribution in [0.4, 0.5) is 0 Å². The molecule has 0 heterocycles. The van der Waals surface area contributed by atoms with Gasteiger partial charge in [-0.3, -0.25) is 13.8 Å². The van der Waals surface area contributed by atoms with Crippen LogP contribution in [0.5, 0.6) is 0 Å². The highest BCUT2D eigenvalue weighted by molar-refractivity contribution is 7.47. The largest absolute Gasteiger partial charge is 0.472 e. The molecule has 0 aliphatic rings. The molecule has 1 N–H and O–H groups in total. The SMILES string of the molecule is CCCCCCCCCC/C=C\CCCCCCCCCCCCCC(=O)OC(COCCCCCCCCCCCCCCCCCCCCCCCCC)COP(=O)(O)OCC[N+](C)(C)C. The summed E-state index contributed by atoms with van der Waals surface area (Å²) in [6.07, 6.45) is 62.8. The Morgan fingerprint density at radius 3 is 1.12 bits per heavy atom. The Bertz CT molecular complexity index is 1100. The first kappa shape index (κ1) is 67.2. The molecule has 8 nitrogen and oxygen atoms in total. The van der Waals surface area contributed by atoms with Gasteiger partial charge in [-0.1, -0.05) is 270 Å². The number of likely N-dealkylation sites (N-methyl/N-ethyl adjacent to an activating group) is 1. The third-order valence-electron chi connectivity index (χ3n) is 13.6. The first-order valence-corrected chi connectivity index (χ1v) is 31.4. The van der Waals surface area contributed by atoms with Crippen molar-refractivity contribution in [2.45, 2.75) is 309 Å². The monoisotopic (exact) mass is 985 g/mol. The highest BCUT2D eigenvalue weighted by atomic mass is 31.2. The molecular formula is C59H119NO7P+. The van der Waals surface area contributed by atoms with Gasteiger partial charge in [0, 0.05) is 13.0 Å². The fourth-order valence-corrected chi connectivity index (χ4v) is 9.71. The molecule has 0 saturated heterocycles. The smallest absolute Gasteiger partial charge is 0.457 e. The standard InChI is InChI=1S/C59H118NO7P/c1-6-8-10-12-14-16-18-20-22-24-26-28-30-32-34-36-38-40-42-44-46-48-50-52-59(61)67-58(57-66-68(62,63)65-55-53-60(3,4)5)56-64-54-51-49-47-45-43-41-39-37-35-33-31-29-27-25-23-21-19-17-15-13-11-9-7-2/h24,26,58H,6-23,25,27-57H2,1-5H3/p+1/b26-24-. The van der Waals surface area contributed by atoms with Crippen LogP contribution < -0.4 is 0 Å². The fraction of sp³-hybridized carbons (Fsp3) is 0.949. The van der Waals surface area contributed by atoms with E-state index >= 15 is 0 Å². The van der Waals surface area contributed by atoms with Crippen molar-refractivity contribution in [1.82, 2.24) is 0 Å². The van der Waals surface area contributed by atoms with E-state index in [0.717, 1.165) is 32.1 Å². The zero-order valence-electron chi connectivity index (χ0n) is 46.4. The first-order valence-electron chi connectivity index (χ1n) is 29.9. The van der Waals surface area contributed by atoms with E-state index in [2.05, 4.69) is 26.0 Å². The van der Waals surface area contributed by atoms with Crippen molar-refractivity contribution in [3.05, 3.63) is 12.2 Å². The summed E-state index contributed by atoms with van der Waals surface area (Å²) in [5.74, 6) is -0.306. The van der Waals surface area contributed by atoms with Crippen molar-refractivity contribution < 1.29 is 37.3 Å². The number of hydrogen-bond acceptors (Lipinski definition) is 6. The zero-order valence-corrected chi connectivity index (χ0v) is 47.3. The van der Waals surface area contributed by atoms with Gasteiger partial charge in [0.05, 0.1) is 34.4 Å². The van der Waals surface area contributed by atoms with Crippen LogP contribution in [0.2, 0.25) is 0 Å². The van der Waals surface area contributed by atoms with E-state index in [9.17, 15) is 14.3 Å². The molecule has 0 aliphatic heterocycles. The van der Waals surface area contributed by atoms with Gasteiger partial charge in [-0.2, -0.15) is 0 Å². The Morgan fingerprint density at radius 1 is 0.441 bits per heavy atom. The van der Waals surface area contributed by atoms with Gasteiger partial charge in [0.15, 0.2) is 0 Å². The second-order valence-electron chi connectivity index (χ2n) is 21.7. The summed E-state index contributed by atoms with van der Waals surface area (Å²) in [5, 5.41) is 0. The summed E-state index contributed by atoms with van der Waals surface area (Å²) in [5.41, 5.74) is 0. The summed E-state index contributed by atoms with van der Waals surface area (Å²) in [6, 6.07) is 0. The summed E-state index contributed by atoms with van der Waals surface area (Å²) in [6.45, 7) is 5.71. The Kier molecular flexibility index (Phi) is 52.0. The van der Waals surface area contributed by atoms with Gasteiger partial charge in [0.25, 0.3) is 0 Å². The van der Waals surface area contributed by atoms with E-state index in [-0.39, 0.29) is 25.8 Å². The van der Waals surface area contributed by atoms with Crippen LogP contribution in [-0.4, -0.2) is 75.6 Å². The van der Waals surface area contributed by atoms with Crippen LogP contribution in [0.15, 0.2) is 12.2 Å². The molecule has 0 aliphatic carbocycles. The number of allylic oxidation sites excluding steroid dienone is 2. The minimum Gasteiger partial charge on any atom is -0.457 e. The molecule has 406 valence electrons. The number of quaternary nitrogens is 1. The average molecular weight is 986 g/mol. The Labute approximate surface area is 424 Å². The molecule has 0 amide bonds. The normalized spacial score (nSPS) is 13.4. The van der Waals surface area contributed by atoms with Crippen LogP contribution in [-0.2, 0) is 27.9 Å².